The molecule has 3 heteroatoms. The van der Waals surface area contributed by atoms with E-state index in [0.717, 1.165) is 6.42 Å². The highest BCUT2D eigenvalue weighted by Crippen LogP contribution is 2.07. The van der Waals surface area contributed by atoms with Crippen LogP contribution in [-0.2, 0) is 9.47 Å². The molecule has 0 amide bonds. The Balaban J connectivity index is 3.88. The largest absolute Gasteiger partial charge is 0.498 e. The summed E-state index contributed by atoms with van der Waals surface area (Å²) in [5.41, 5.74) is 0. The molecule has 0 saturated heterocycles. The summed E-state index contributed by atoms with van der Waals surface area (Å²) in [6.07, 6.45) is 3.39. The van der Waals surface area contributed by atoms with Crippen molar-refractivity contribution in [3.63, 3.8) is 0 Å². The van der Waals surface area contributed by atoms with Crippen molar-refractivity contribution in [1.82, 2.24) is 0 Å². The summed E-state index contributed by atoms with van der Waals surface area (Å²) in [5, 5.41) is 9.58. The maximum Gasteiger partial charge on any atom is 0.157 e. The Morgan fingerprint density at radius 1 is 1.38 bits per heavy atom. The van der Waals surface area contributed by atoms with Gasteiger partial charge in [-0.05, 0) is 6.42 Å². The van der Waals surface area contributed by atoms with Gasteiger partial charge in [-0.15, -0.1) is 0 Å². The van der Waals surface area contributed by atoms with Gasteiger partial charge in [0.25, 0.3) is 0 Å². The molecule has 0 fully saturated rings. The first-order valence-corrected chi connectivity index (χ1v) is 4.43. The molecule has 1 N–H and O–H groups in total. The number of rotatable bonds is 8. The molecule has 0 saturated carbocycles. The lowest BCUT2D eigenvalue weighted by atomic mass is 10.1. The molecular formula is C10H18O3. The summed E-state index contributed by atoms with van der Waals surface area (Å²) < 4.78 is 10.0. The second kappa shape index (κ2) is 7.68. The summed E-state index contributed by atoms with van der Waals surface area (Å²) in [4.78, 5) is 0. The van der Waals surface area contributed by atoms with Crippen LogP contribution in [0.1, 0.15) is 19.8 Å². The summed E-state index contributed by atoms with van der Waals surface area (Å²) in [5.74, 6) is 0. The van der Waals surface area contributed by atoms with E-state index in [1.54, 1.807) is 0 Å². The van der Waals surface area contributed by atoms with E-state index in [-0.39, 0.29) is 6.10 Å². The Bertz CT molecular complexity index is 145. The van der Waals surface area contributed by atoms with E-state index < -0.39 is 6.10 Å². The zero-order valence-corrected chi connectivity index (χ0v) is 8.11. The molecule has 0 spiro atoms. The molecule has 0 aliphatic heterocycles. The van der Waals surface area contributed by atoms with Gasteiger partial charge in [-0.2, -0.15) is 0 Å². The molecule has 0 aliphatic rings. The second-order valence-corrected chi connectivity index (χ2v) is 2.70. The maximum absolute atomic E-state index is 9.58. The van der Waals surface area contributed by atoms with Crippen LogP contribution in [0.3, 0.4) is 0 Å². The minimum Gasteiger partial charge on any atom is -0.498 e. The molecule has 0 heterocycles. The average molecular weight is 186 g/mol. The van der Waals surface area contributed by atoms with Crippen molar-refractivity contribution in [2.45, 2.75) is 32.0 Å². The van der Waals surface area contributed by atoms with Gasteiger partial charge in [-0.3, -0.25) is 0 Å². The highest BCUT2D eigenvalue weighted by Gasteiger charge is 2.18. The number of aliphatic hydroxyl groups is 1. The SMILES string of the molecule is C=COCC(OC=C)C(O)CCC. The minimum absolute atomic E-state index is 0.302. The topological polar surface area (TPSA) is 38.7 Å². The van der Waals surface area contributed by atoms with E-state index in [4.69, 9.17) is 9.47 Å². The lowest BCUT2D eigenvalue weighted by molar-refractivity contribution is -0.0292. The van der Waals surface area contributed by atoms with Gasteiger partial charge < -0.3 is 14.6 Å². The number of hydrogen-bond donors (Lipinski definition) is 1. The van der Waals surface area contributed by atoms with Gasteiger partial charge in [0.1, 0.15) is 6.61 Å². The van der Waals surface area contributed by atoms with Crippen LogP contribution in [0, 0.1) is 0 Å². The minimum atomic E-state index is -0.511. The van der Waals surface area contributed by atoms with E-state index in [1.165, 1.54) is 12.5 Å². The molecule has 0 aromatic rings. The number of aliphatic hydroxyl groups excluding tert-OH is 1. The first-order chi connectivity index (χ1) is 6.26. The second-order valence-electron chi connectivity index (χ2n) is 2.70. The fourth-order valence-corrected chi connectivity index (χ4v) is 1.01. The standard InChI is InChI=1S/C10H18O3/c1-4-7-9(11)10(13-6-3)8-12-5-2/h5-6,9-11H,2-4,7-8H2,1H3. The van der Waals surface area contributed by atoms with E-state index in [9.17, 15) is 5.11 Å². The highest BCUT2D eigenvalue weighted by atomic mass is 16.5. The van der Waals surface area contributed by atoms with Crippen molar-refractivity contribution >= 4 is 0 Å². The van der Waals surface area contributed by atoms with Crippen LogP contribution in [0.4, 0.5) is 0 Å². The van der Waals surface area contributed by atoms with Crippen molar-refractivity contribution in [3.05, 3.63) is 25.7 Å². The van der Waals surface area contributed by atoms with Crippen LogP contribution in [-0.4, -0.2) is 23.9 Å². The maximum atomic E-state index is 9.58. The Kier molecular flexibility index (Phi) is 7.11. The molecule has 13 heavy (non-hydrogen) atoms. The van der Waals surface area contributed by atoms with E-state index >= 15 is 0 Å². The third-order valence-corrected chi connectivity index (χ3v) is 1.66. The summed E-state index contributed by atoms with van der Waals surface area (Å²) in [6.45, 7) is 9.15. The predicted molar refractivity (Wildman–Crippen MR) is 52.1 cm³/mol. The van der Waals surface area contributed by atoms with Gasteiger partial charge in [0.05, 0.1) is 18.6 Å². The molecular weight excluding hydrogens is 168 g/mol. The molecule has 0 radical (unpaired) electrons. The smallest absolute Gasteiger partial charge is 0.157 e. The summed E-state index contributed by atoms with van der Waals surface area (Å²) in [6, 6.07) is 0. The quantitative estimate of drug-likeness (QED) is 0.588. The van der Waals surface area contributed by atoms with Crippen molar-refractivity contribution in [3.8, 4) is 0 Å². The molecule has 0 bridgehead atoms. The van der Waals surface area contributed by atoms with Crippen molar-refractivity contribution in [2.24, 2.45) is 0 Å². The first-order valence-electron chi connectivity index (χ1n) is 4.43. The van der Waals surface area contributed by atoms with Crippen molar-refractivity contribution in [2.75, 3.05) is 6.61 Å². The van der Waals surface area contributed by atoms with Gasteiger partial charge >= 0.3 is 0 Å². The molecule has 2 unspecified atom stereocenters. The van der Waals surface area contributed by atoms with Crippen LogP contribution in [0.25, 0.3) is 0 Å². The van der Waals surface area contributed by atoms with Crippen LogP contribution in [0.5, 0.6) is 0 Å². The van der Waals surface area contributed by atoms with Gasteiger partial charge in [-0.25, -0.2) is 0 Å². The van der Waals surface area contributed by atoms with Crippen molar-refractivity contribution < 1.29 is 14.6 Å². The van der Waals surface area contributed by atoms with Crippen LogP contribution >= 0.6 is 0 Å². The number of hydrogen-bond acceptors (Lipinski definition) is 3. The fraction of sp³-hybridized carbons (Fsp3) is 0.600. The monoisotopic (exact) mass is 186 g/mol. The van der Waals surface area contributed by atoms with E-state index in [1.807, 2.05) is 6.92 Å². The molecule has 3 nitrogen and oxygen atoms in total. The average Bonchev–Trinajstić information content (AvgIpc) is 2.12. The van der Waals surface area contributed by atoms with E-state index in [0.29, 0.717) is 13.0 Å². The summed E-state index contributed by atoms with van der Waals surface area (Å²) >= 11 is 0. The normalized spacial score (nSPS) is 14.3. The molecule has 0 aromatic carbocycles. The van der Waals surface area contributed by atoms with Crippen LogP contribution in [0.15, 0.2) is 25.7 Å². The lowest BCUT2D eigenvalue weighted by Crippen LogP contribution is -2.31. The third-order valence-electron chi connectivity index (χ3n) is 1.66. The van der Waals surface area contributed by atoms with Gasteiger partial charge in [0.15, 0.2) is 6.10 Å². The third kappa shape index (κ3) is 5.31. The Morgan fingerprint density at radius 2 is 2.08 bits per heavy atom. The lowest BCUT2D eigenvalue weighted by Gasteiger charge is -2.21. The Hall–Kier alpha value is -0.960. The molecule has 0 rings (SSSR count). The molecule has 76 valence electrons. The highest BCUT2D eigenvalue weighted by molar-refractivity contribution is 4.72. The summed E-state index contributed by atoms with van der Waals surface area (Å²) in [7, 11) is 0. The van der Waals surface area contributed by atoms with Crippen molar-refractivity contribution in [1.29, 1.82) is 0 Å². The molecule has 2 atom stereocenters. The zero-order valence-electron chi connectivity index (χ0n) is 8.11. The van der Waals surface area contributed by atoms with Gasteiger partial charge in [0, 0.05) is 0 Å². The van der Waals surface area contributed by atoms with Crippen LogP contribution < -0.4 is 0 Å². The zero-order chi connectivity index (χ0) is 10.1. The van der Waals surface area contributed by atoms with E-state index in [2.05, 4.69) is 13.2 Å². The van der Waals surface area contributed by atoms with Gasteiger partial charge in [-0.1, -0.05) is 26.5 Å². The Morgan fingerprint density at radius 3 is 2.54 bits per heavy atom. The van der Waals surface area contributed by atoms with Gasteiger partial charge in [0.2, 0.25) is 0 Å². The number of ether oxygens (including phenoxy) is 2. The fourth-order valence-electron chi connectivity index (χ4n) is 1.01. The predicted octanol–water partition coefficient (Wildman–Crippen LogP) is 1.84. The molecule has 0 aliphatic carbocycles. The molecule has 0 aromatic heterocycles. The first kappa shape index (κ1) is 12.0. The van der Waals surface area contributed by atoms with Crippen LogP contribution in [0.2, 0.25) is 0 Å². The Labute approximate surface area is 79.7 Å².